The quantitative estimate of drug-likeness (QED) is 0.792. The molecule has 1 rings (SSSR count). The van der Waals surface area contributed by atoms with Gasteiger partial charge in [0.05, 0.1) is 0 Å². The third kappa shape index (κ3) is 4.58. The van der Waals surface area contributed by atoms with Crippen molar-refractivity contribution in [3.8, 4) is 0 Å². The SMILES string of the molecule is CCN(CC)Cc1ccc(CC(C)(CN)N(C)C)cc1. The molecule has 1 aromatic rings. The van der Waals surface area contributed by atoms with Crippen LogP contribution >= 0.6 is 0 Å². The molecule has 0 bridgehead atoms. The van der Waals surface area contributed by atoms with Crippen LogP contribution in [0.15, 0.2) is 24.3 Å². The summed E-state index contributed by atoms with van der Waals surface area (Å²) < 4.78 is 0. The molecule has 1 aromatic carbocycles. The van der Waals surface area contributed by atoms with Crippen molar-refractivity contribution in [2.45, 2.75) is 39.3 Å². The fourth-order valence-electron chi connectivity index (χ4n) is 2.32. The first-order chi connectivity index (χ1) is 9.45. The second-order valence-electron chi connectivity index (χ2n) is 6.05. The summed E-state index contributed by atoms with van der Waals surface area (Å²) in [6.07, 6.45) is 0.988. The van der Waals surface area contributed by atoms with Crippen LogP contribution in [0.2, 0.25) is 0 Å². The highest BCUT2D eigenvalue weighted by atomic mass is 15.1. The zero-order valence-corrected chi connectivity index (χ0v) is 13.8. The molecule has 0 amide bonds. The van der Waals surface area contributed by atoms with Crippen LogP contribution in [0, 0.1) is 0 Å². The van der Waals surface area contributed by atoms with Crippen LogP contribution in [0.1, 0.15) is 31.9 Å². The van der Waals surface area contributed by atoms with Crippen LogP contribution in [0.4, 0.5) is 0 Å². The van der Waals surface area contributed by atoms with Crippen molar-refractivity contribution in [3.63, 3.8) is 0 Å². The zero-order chi connectivity index (χ0) is 15.2. The number of hydrogen-bond donors (Lipinski definition) is 1. The van der Waals surface area contributed by atoms with Gasteiger partial charge in [0, 0.05) is 18.6 Å². The standard InChI is InChI=1S/C17H31N3/c1-6-20(7-2)13-16-10-8-15(9-11-16)12-17(3,14-18)19(4)5/h8-11H,6-7,12-14,18H2,1-5H3. The van der Waals surface area contributed by atoms with Crippen molar-refractivity contribution in [2.24, 2.45) is 5.73 Å². The summed E-state index contributed by atoms with van der Waals surface area (Å²) in [6, 6.07) is 8.99. The fourth-order valence-corrected chi connectivity index (χ4v) is 2.32. The number of nitrogens with two attached hydrogens (primary N) is 1. The third-order valence-electron chi connectivity index (χ3n) is 4.43. The molecule has 0 aliphatic carbocycles. The summed E-state index contributed by atoms with van der Waals surface area (Å²) in [5.74, 6) is 0. The molecule has 0 aliphatic heterocycles. The number of hydrogen-bond acceptors (Lipinski definition) is 3. The highest BCUT2D eigenvalue weighted by Crippen LogP contribution is 2.18. The van der Waals surface area contributed by atoms with Crippen molar-refractivity contribution in [2.75, 3.05) is 33.7 Å². The first-order valence-corrected chi connectivity index (χ1v) is 7.62. The van der Waals surface area contributed by atoms with Crippen LogP contribution in [0.25, 0.3) is 0 Å². The van der Waals surface area contributed by atoms with Gasteiger partial charge in [-0.25, -0.2) is 0 Å². The Labute approximate surface area is 124 Å². The van der Waals surface area contributed by atoms with Gasteiger partial charge in [0.25, 0.3) is 0 Å². The van der Waals surface area contributed by atoms with Crippen molar-refractivity contribution in [1.82, 2.24) is 9.80 Å². The Hall–Kier alpha value is -0.900. The van der Waals surface area contributed by atoms with Crippen molar-refractivity contribution >= 4 is 0 Å². The highest BCUT2D eigenvalue weighted by Gasteiger charge is 2.25. The average molecular weight is 277 g/mol. The van der Waals surface area contributed by atoms with Gasteiger partial charge in [-0.15, -0.1) is 0 Å². The zero-order valence-electron chi connectivity index (χ0n) is 13.8. The minimum Gasteiger partial charge on any atom is -0.329 e. The Kier molecular flexibility index (Phi) is 6.66. The second kappa shape index (κ2) is 7.77. The topological polar surface area (TPSA) is 32.5 Å². The van der Waals surface area contributed by atoms with Crippen LogP contribution < -0.4 is 5.73 Å². The Balaban J connectivity index is 2.71. The number of rotatable bonds is 8. The first-order valence-electron chi connectivity index (χ1n) is 7.62. The molecule has 1 atom stereocenters. The molecule has 0 saturated heterocycles. The minimum atomic E-state index is 0.0282. The van der Waals surface area contributed by atoms with Gasteiger partial charge in [-0.2, -0.15) is 0 Å². The maximum Gasteiger partial charge on any atom is 0.0337 e. The predicted molar refractivity (Wildman–Crippen MR) is 87.9 cm³/mol. The van der Waals surface area contributed by atoms with Crippen molar-refractivity contribution in [1.29, 1.82) is 0 Å². The molecule has 0 saturated carbocycles. The van der Waals surface area contributed by atoms with Gasteiger partial charge in [0.1, 0.15) is 0 Å². The van der Waals surface area contributed by atoms with Gasteiger partial charge in [0.15, 0.2) is 0 Å². The lowest BCUT2D eigenvalue weighted by atomic mass is 9.91. The van der Waals surface area contributed by atoms with Gasteiger partial charge >= 0.3 is 0 Å². The van der Waals surface area contributed by atoms with E-state index in [0.717, 1.165) is 26.1 Å². The van der Waals surface area contributed by atoms with E-state index in [1.165, 1.54) is 11.1 Å². The molecule has 0 spiro atoms. The van der Waals surface area contributed by atoms with Crippen LogP contribution in [0.3, 0.4) is 0 Å². The Morgan fingerprint density at radius 2 is 1.50 bits per heavy atom. The molecule has 0 aliphatic rings. The van der Waals surface area contributed by atoms with Crippen molar-refractivity contribution in [3.05, 3.63) is 35.4 Å². The first kappa shape index (κ1) is 17.2. The van der Waals surface area contributed by atoms with Gasteiger partial charge in [0.2, 0.25) is 0 Å². The highest BCUT2D eigenvalue weighted by molar-refractivity contribution is 5.24. The predicted octanol–water partition coefficient (Wildman–Crippen LogP) is 2.35. The van der Waals surface area contributed by atoms with E-state index >= 15 is 0 Å². The van der Waals surface area contributed by atoms with E-state index in [1.54, 1.807) is 0 Å². The molecule has 0 heterocycles. The molecule has 1 unspecified atom stereocenters. The smallest absolute Gasteiger partial charge is 0.0337 e. The number of benzene rings is 1. The number of likely N-dealkylation sites (N-methyl/N-ethyl adjacent to an activating group) is 1. The van der Waals surface area contributed by atoms with Gasteiger partial charge in [-0.3, -0.25) is 4.90 Å². The molecular formula is C17H31N3. The summed E-state index contributed by atoms with van der Waals surface area (Å²) in [4.78, 5) is 4.65. The van der Waals surface area contributed by atoms with Gasteiger partial charge in [-0.05, 0) is 51.7 Å². The van der Waals surface area contributed by atoms with E-state index in [-0.39, 0.29) is 5.54 Å². The largest absolute Gasteiger partial charge is 0.329 e. The van der Waals surface area contributed by atoms with E-state index in [1.807, 2.05) is 0 Å². The Morgan fingerprint density at radius 3 is 1.90 bits per heavy atom. The molecule has 0 aromatic heterocycles. The Morgan fingerprint density at radius 1 is 1.00 bits per heavy atom. The molecule has 2 N–H and O–H groups in total. The second-order valence-corrected chi connectivity index (χ2v) is 6.05. The summed E-state index contributed by atoms with van der Waals surface area (Å²) in [7, 11) is 4.20. The molecule has 20 heavy (non-hydrogen) atoms. The van der Waals surface area contributed by atoms with E-state index in [9.17, 15) is 0 Å². The fraction of sp³-hybridized carbons (Fsp3) is 0.647. The molecular weight excluding hydrogens is 246 g/mol. The summed E-state index contributed by atoms with van der Waals surface area (Å²) in [6.45, 7) is 10.5. The van der Waals surface area contributed by atoms with E-state index in [4.69, 9.17) is 5.73 Å². The van der Waals surface area contributed by atoms with E-state index in [2.05, 4.69) is 68.9 Å². The lowest BCUT2D eigenvalue weighted by Crippen LogP contribution is -2.49. The van der Waals surface area contributed by atoms with E-state index in [0.29, 0.717) is 6.54 Å². The summed E-state index contributed by atoms with van der Waals surface area (Å²) >= 11 is 0. The Bertz CT molecular complexity index is 382. The van der Waals surface area contributed by atoms with Gasteiger partial charge < -0.3 is 10.6 Å². The molecule has 0 radical (unpaired) electrons. The minimum absolute atomic E-state index is 0.0282. The third-order valence-corrected chi connectivity index (χ3v) is 4.43. The monoisotopic (exact) mass is 277 g/mol. The van der Waals surface area contributed by atoms with E-state index < -0.39 is 0 Å². The van der Waals surface area contributed by atoms with Crippen molar-refractivity contribution < 1.29 is 0 Å². The van der Waals surface area contributed by atoms with Crippen LogP contribution in [-0.4, -0.2) is 49.1 Å². The molecule has 0 fully saturated rings. The lowest BCUT2D eigenvalue weighted by Gasteiger charge is -2.35. The number of nitrogens with zero attached hydrogens (tertiary/aromatic N) is 2. The summed E-state index contributed by atoms with van der Waals surface area (Å²) in [5.41, 5.74) is 8.71. The van der Waals surface area contributed by atoms with Crippen LogP contribution in [0.5, 0.6) is 0 Å². The average Bonchev–Trinajstić information content (AvgIpc) is 2.46. The lowest BCUT2D eigenvalue weighted by molar-refractivity contribution is 0.181. The molecule has 3 heteroatoms. The normalized spacial score (nSPS) is 14.8. The maximum atomic E-state index is 5.94. The summed E-state index contributed by atoms with van der Waals surface area (Å²) in [5, 5.41) is 0. The maximum absolute atomic E-state index is 5.94. The van der Waals surface area contributed by atoms with Gasteiger partial charge in [-0.1, -0.05) is 38.1 Å². The van der Waals surface area contributed by atoms with Crippen LogP contribution in [-0.2, 0) is 13.0 Å². The molecule has 114 valence electrons. The molecule has 3 nitrogen and oxygen atoms in total.